The van der Waals surface area contributed by atoms with E-state index in [0.717, 1.165) is 43.6 Å². The molecular weight excluding hydrogens is 976 g/mol. The number of nitrogens with one attached hydrogen (secondary N) is 2. The Morgan fingerprint density at radius 1 is 0.493 bits per heavy atom. The number of hydrogen-bond donors (Lipinski definition) is 3. The van der Waals surface area contributed by atoms with E-state index in [1.807, 2.05) is 42.5 Å². The summed E-state index contributed by atoms with van der Waals surface area (Å²) in [5.41, 5.74) is 13.5. The third-order valence-corrected chi connectivity index (χ3v) is 20.5. The lowest BCUT2D eigenvalue weighted by Crippen LogP contribution is -2.34. The first-order valence-electron chi connectivity index (χ1n) is 25.0. The quantitative estimate of drug-likeness (QED) is 0.0757. The molecule has 0 saturated heterocycles. The largest absolute Gasteiger partial charge is 0.355 e. The van der Waals surface area contributed by atoms with Crippen LogP contribution in [0.5, 0.6) is 0 Å². The van der Waals surface area contributed by atoms with Gasteiger partial charge in [-0.25, -0.2) is 0 Å². The molecule has 0 fully saturated rings. The molecule has 3 N–H and O–H groups in total. The first kappa shape index (κ1) is 52.2. The fraction of sp³-hybridized carbons (Fsp3) is 0.286. The maximum Gasteiger partial charge on any atom is 0.323 e. The summed E-state index contributed by atoms with van der Waals surface area (Å²) in [5.74, 6) is 0.636. The summed E-state index contributed by atoms with van der Waals surface area (Å²) in [6, 6.07) is 46.3. The molecule has 9 rings (SSSR count). The summed E-state index contributed by atoms with van der Waals surface area (Å²) in [7, 11) is -8.27. The number of rotatable bonds is 9. The van der Waals surface area contributed by atoms with Crippen LogP contribution in [-0.2, 0) is 36.3 Å². The second kappa shape index (κ2) is 18.6. The molecular formula is C63H68N2O4PS3+. The molecule has 8 aromatic rings. The molecule has 6 nitrogen and oxygen atoms in total. The van der Waals surface area contributed by atoms with Gasteiger partial charge in [-0.05, 0) is 123 Å². The molecule has 0 atom stereocenters. The number of fused-ring (bicyclic) bond motifs is 2. The second-order valence-corrected chi connectivity index (χ2v) is 30.0. The standard InChI is InChI=1S/C63H67N2O4PS3/c1-38-32-46(60(3,4)5)56(47(33-38)61(6,7)8)64-42-28-24-40(25-29-42)52-36-50-58(71-52)55(45-22-18-19-23-54(45)73(67,68)69)59-51(70(50,66)44-20-16-15-17-21-44)37-53(72-59)41-26-30-43(31-27-41)65-57-48(62(9,10)11)34-39(2)35-49(57)63(12,13)14/h15-37,64-65H,1-14H3/p+1. The zero-order valence-corrected chi connectivity index (χ0v) is 48.0. The molecule has 73 heavy (non-hydrogen) atoms. The van der Waals surface area contributed by atoms with Crippen LogP contribution in [0.4, 0.5) is 22.7 Å². The molecule has 2 aromatic heterocycles. The third kappa shape index (κ3) is 10.0. The zero-order chi connectivity index (χ0) is 52.8. The monoisotopic (exact) mass is 1040 g/mol. The van der Waals surface area contributed by atoms with Gasteiger partial charge in [-0.15, -0.1) is 22.7 Å². The predicted octanol–water partition coefficient (Wildman–Crippen LogP) is 16.7. The van der Waals surface area contributed by atoms with Gasteiger partial charge in [-0.1, -0.05) is 161 Å². The van der Waals surface area contributed by atoms with E-state index in [2.05, 4.69) is 180 Å². The van der Waals surface area contributed by atoms with Gasteiger partial charge in [-0.2, -0.15) is 8.42 Å². The lowest BCUT2D eigenvalue weighted by Gasteiger charge is -2.31. The average molecular weight is 1040 g/mol. The molecule has 0 aliphatic carbocycles. The fourth-order valence-electron chi connectivity index (χ4n) is 10.1. The summed E-state index contributed by atoms with van der Waals surface area (Å²) < 4.78 is 54.0. The van der Waals surface area contributed by atoms with Crippen molar-refractivity contribution in [2.45, 2.75) is 123 Å². The second-order valence-electron chi connectivity index (χ2n) is 23.8. The Balaban J connectivity index is 1.17. The molecule has 10 heteroatoms. The minimum atomic E-state index is -4.67. The van der Waals surface area contributed by atoms with Crippen LogP contribution in [0, 0.1) is 19.8 Å². The molecule has 3 heterocycles. The first-order chi connectivity index (χ1) is 34.0. The van der Waals surface area contributed by atoms with Gasteiger partial charge in [0, 0.05) is 56.0 Å². The molecule has 376 valence electrons. The minimum absolute atomic E-state index is 0.0979. The van der Waals surface area contributed by atoms with Crippen molar-refractivity contribution in [1.29, 1.82) is 0 Å². The maximum atomic E-state index is 16.7. The van der Waals surface area contributed by atoms with Crippen LogP contribution in [-0.4, -0.2) is 13.0 Å². The highest BCUT2D eigenvalue weighted by molar-refractivity contribution is 7.86. The van der Waals surface area contributed by atoms with Gasteiger partial charge in [0.1, 0.15) is 15.3 Å². The summed E-state index contributed by atoms with van der Waals surface area (Å²) in [4.78, 5) is 3.02. The van der Waals surface area contributed by atoms with E-state index >= 15 is 4.57 Å². The Morgan fingerprint density at radius 2 is 0.849 bits per heavy atom. The molecule has 1 aliphatic heterocycles. The van der Waals surface area contributed by atoms with E-state index in [0.29, 0.717) is 37.1 Å². The smallest absolute Gasteiger partial charge is 0.323 e. The van der Waals surface area contributed by atoms with E-state index in [-0.39, 0.29) is 26.6 Å². The Labute approximate surface area is 442 Å². The topological polar surface area (TPSA) is 95.5 Å². The minimum Gasteiger partial charge on any atom is -0.355 e. The molecule has 0 bridgehead atoms. The summed E-state index contributed by atoms with van der Waals surface area (Å²) in [6.45, 7) is 31.3. The van der Waals surface area contributed by atoms with E-state index in [1.165, 1.54) is 62.1 Å². The Morgan fingerprint density at radius 3 is 1.21 bits per heavy atom. The van der Waals surface area contributed by atoms with Crippen molar-refractivity contribution < 1.29 is 17.5 Å². The van der Waals surface area contributed by atoms with E-state index in [4.69, 9.17) is 0 Å². The predicted molar refractivity (Wildman–Crippen MR) is 313 cm³/mol. The summed E-state index contributed by atoms with van der Waals surface area (Å²) in [6.07, 6.45) is 0. The first-order valence-corrected chi connectivity index (χ1v) is 29.8. The molecule has 0 amide bonds. The average Bonchev–Trinajstić information content (AvgIpc) is 3.96. The molecule has 0 spiro atoms. The normalized spacial score (nSPS) is 13.9. The van der Waals surface area contributed by atoms with Crippen LogP contribution in [0.15, 0.2) is 144 Å². The SMILES string of the molecule is Cc1cc(C(C)(C)C)c(Nc2ccc(-c3cc4c(s3)[C+](c3ccccc3S(=O)(=O)O)c3sc(-c5ccc(Nc6c(C(C)(C)C)cc(C)cc6C(C)(C)C)cc5)cc3P4(=O)c3ccccc3)cc2)c(C(C)(C)C)c1. The lowest BCUT2D eigenvalue weighted by molar-refractivity contribution is 0.482. The Hall–Kier alpha value is -5.67. The van der Waals surface area contributed by atoms with E-state index in [1.54, 1.807) is 18.2 Å². The zero-order valence-electron chi connectivity index (χ0n) is 44.6. The number of anilines is 4. The molecule has 1 aliphatic rings. The van der Waals surface area contributed by atoms with Crippen LogP contribution in [0.1, 0.15) is 132 Å². The van der Waals surface area contributed by atoms with Gasteiger partial charge < -0.3 is 10.6 Å². The van der Waals surface area contributed by atoms with Crippen molar-refractivity contribution in [1.82, 2.24) is 0 Å². The highest BCUT2D eigenvalue weighted by Gasteiger charge is 2.52. The van der Waals surface area contributed by atoms with Crippen LogP contribution >= 0.6 is 29.8 Å². The fourth-order valence-corrected chi connectivity index (χ4v) is 17.2. The number of benzene rings is 6. The van der Waals surface area contributed by atoms with Crippen molar-refractivity contribution in [2.75, 3.05) is 10.6 Å². The van der Waals surface area contributed by atoms with Crippen molar-refractivity contribution in [3.8, 4) is 20.9 Å². The lowest BCUT2D eigenvalue weighted by atomic mass is 9.77. The Bertz CT molecular complexity index is 3310. The van der Waals surface area contributed by atoms with Crippen molar-refractivity contribution in [3.63, 3.8) is 0 Å². The summed E-state index contributed by atoms with van der Waals surface area (Å²) >= 11 is 3.00. The van der Waals surface area contributed by atoms with Crippen molar-refractivity contribution >= 4 is 78.6 Å². The number of hydrogen-bond acceptors (Lipinski definition) is 7. The number of thiophene rings is 2. The number of aryl methyl sites for hydroxylation is 2. The van der Waals surface area contributed by atoms with Gasteiger partial charge >= 0.3 is 10.1 Å². The summed E-state index contributed by atoms with van der Waals surface area (Å²) in [5, 5.41) is 9.62. The maximum absolute atomic E-state index is 16.7. The third-order valence-electron chi connectivity index (χ3n) is 13.8. The molecule has 0 unspecified atom stereocenters. The van der Waals surface area contributed by atoms with E-state index < -0.39 is 17.3 Å². The van der Waals surface area contributed by atoms with Gasteiger partial charge in [0.25, 0.3) is 0 Å². The molecule has 0 radical (unpaired) electrons. The molecule has 6 aromatic carbocycles. The van der Waals surface area contributed by atoms with Crippen LogP contribution in [0.2, 0.25) is 0 Å². The molecule has 0 saturated carbocycles. The van der Waals surface area contributed by atoms with Crippen molar-refractivity contribution in [2.24, 2.45) is 0 Å². The van der Waals surface area contributed by atoms with Crippen LogP contribution < -0.4 is 26.5 Å². The van der Waals surface area contributed by atoms with E-state index in [9.17, 15) is 13.0 Å². The van der Waals surface area contributed by atoms with Crippen LogP contribution in [0.3, 0.4) is 0 Å². The van der Waals surface area contributed by atoms with Gasteiger partial charge in [-0.3, -0.25) is 9.12 Å². The Kier molecular flexibility index (Phi) is 13.3. The van der Waals surface area contributed by atoms with Crippen molar-refractivity contribution in [3.05, 3.63) is 194 Å². The van der Waals surface area contributed by atoms with Crippen LogP contribution in [0.25, 0.3) is 20.9 Å². The van der Waals surface area contributed by atoms with Gasteiger partial charge in [0.15, 0.2) is 4.90 Å². The van der Waals surface area contributed by atoms with Gasteiger partial charge in [0.2, 0.25) is 7.14 Å². The van der Waals surface area contributed by atoms with Gasteiger partial charge in [0.05, 0.1) is 16.5 Å². The highest BCUT2D eigenvalue weighted by Crippen LogP contribution is 2.58. The highest BCUT2D eigenvalue weighted by atomic mass is 32.2.